The van der Waals surface area contributed by atoms with E-state index in [0.29, 0.717) is 49.7 Å². The first-order chi connectivity index (χ1) is 23.6. The fourth-order valence-electron chi connectivity index (χ4n) is 6.09. The monoisotopic (exact) mass is 811 g/mol. The zero-order chi connectivity index (χ0) is 36.0. The van der Waals surface area contributed by atoms with Gasteiger partial charge in [-0.25, -0.2) is 37.5 Å². The van der Waals surface area contributed by atoms with Crippen LogP contribution in [0.5, 0.6) is 0 Å². The number of amides is 1. The highest BCUT2D eigenvalue weighted by molar-refractivity contribution is 9.11. The lowest BCUT2D eigenvalue weighted by molar-refractivity contribution is -0.116. The standard InChI is InChI=1S/C16H15F2N3OS.C10H11BF2N2O2.C5H5BrN2OS.CH4/c1-9(22)4-11-8-23-15(20-11)10-2-3-14(19-5-10)21-6-12-13(7-21)16(12,17)18;12-10(13)7-4-15(5-8(7)10)9-2-1-6(3-14-9)11(16)17;1-3(9)7-4-2-10-5(6)8-4;/h2-3,5,8,12-13H,4,6-7H2,1H3;1-3,7-8,16-17H,4-5H2;2H,1H3,(H,7,9);1H4. The van der Waals surface area contributed by atoms with Crippen molar-refractivity contribution in [1.82, 2.24) is 19.9 Å². The van der Waals surface area contributed by atoms with Crippen LogP contribution >= 0.6 is 38.6 Å². The van der Waals surface area contributed by atoms with Crippen LogP contribution in [-0.4, -0.2) is 86.8 Å². The molecule has 0 spiro atoms. The average Bonchev–Trinajstić information content (AvgIpc) is 3.62. The number of rotatable bonds is 7. The minimum absolute atomic E-state index is 0. The van der Waals surface area contributed by atoms with Crippen molar-refractivity contribution in [2.75, 3.05) is 41.3 Å². The van der Waals surface area contributed by atoms with Crippen molar-refractivity contribution in [3.8, 4) is 10.6 Å². The molecule has 2 aliphatic carbocycles. The second-order valence-corrected chi connectivity index (χ2v) is 15.5. The number of piperidine rings is 2. The molecule has 1 amide bonds. The topological polar surface area (TPSA) is 145 Å². The first-order valence-corrected chi connectivity index (χ1v) is 18.0. The van der Waals surface area contributed by atoms with Gasteiger partial charge in [0.05, 0.1) is 29.4 Å². The number of hydrogen-bond acceptors (Lipinski definition) is 12. The summed E-state index contributed by atoms with van der Waals surface area (Å²) in [6.07, 6.45) is 3.41. The number of hydrogen-bond donors (Lipinski definition) is 3. The van der Waals surface area contributed by atoms with Crippen LogP contribution in [0.3, 0.4) is 0 Å². The Morgan fingerprint density at radius 2 is 1.43 bits per heavy atom. The van der Waals surface area contributed by atoms with Crippen molar-refractivity contribution < 1.29 is 37.2 Å². The summed E-state index contributed by atoms with van der Waals surface area (Å²) >= 11 is 6.09. The first-order valence-electron chi connectivity index (χ1n) is 15.5. The lowest BCUT2D eigenvalue weighted by atomic mass is 9.82. The van der Waals surface area contributed by atoms with Crippen LogP contribution in [0.4, 0.5) is 35.0 Å². The molecular formula is C32H35BBrF4N7O4S2. The van der Waals surface area contributed by atoms with E-state index in [-0.39, 0.29) is 19.1 Å². The number of nitrogens with zero attached hydrogens (tertiary/aromatic N) is 6. The minimum Gasteiger partial charge on any atom is -0.423 e. The fourth-order valence-corrected chi connectivity index (χ4v) is 7.85. The van der Waals surface area contributed by atoms with Gasteiger partial charge in [0, 0.05) is 73.7 Å². The molecule has 0 aromatic carbocycles. The van der Waals surface area contributed by atoms with Crippen molar-refractivity contribution in [1.29, 1.82) is 0 Å². The zero-order valence-corrected chi connectivity index (χ0v) is 29.9. The number of Topliss-reactive ketones (excluding diaryl/α,β-unsaturated/α-hetero) is 1. The van der Waals surface area contributed by atoms with Crippen molar-refractivity contribution >= 4 is 80.3 Å². The number of nitrogens with one attached hydrogen (secondary N) is 1. The molecule has 0 bridgehead atoms. The number of thiazole rings is 2. The molecule has 11 nitrogen and oxygen atoms in total. The average molecular weight is 813 g/mol. The second kappa shape index (κ2) is 15.2. The van der Waals surface area contributed by atoms with E-state index in [9.17, 15) is 27.2 Å². The Morgan fingerprint density at radius 1 is 0.882 bits per heavy atom. The maximum Gasteiger partial charge on any atom is 0.490 e. The summed E-state index contributed by atoms with van der Waals surface area (Å²) in [5, 5.41) is 24.8. The highest BCUT2D eigenvalue weighted by Crippen LogP contribution is 2.60. The number of carbonyl (C=O) groups is 2. The van der Waals surface area contributed by atoms with Gasteiger partial charge in [-0.2, -0.15) is 0 Å². The van der Waals surface area contributed by atoms with Crippen molar-refractivity contribution in [3.05, 3.63) is 57.0 Å². The van der Waals surface area contributed by atoms with Crippen molar-refractivity contribution in [2.45, 2.75) is 39.5 Å². The summed E-state index contributed by atoms with van der Waals surface area (Å²) < 4.78 is 53.2. The predicted molar refractivity (Wildman–Crippen MR) is 193 cm³/mol. The van der Waals surface area contributed by atoms with Gasteiger partial charge in [0.15, 0.2) is 3.92 Å². The number of aromatic nitrogens is 4. The van der Waals surface area contributed by atoms with E-state index in [1.54, 1.807) is 29.5 Å². The number of fused-ring (bicyclic) bond motifs is 2. The van der Waals surface area contributed by atoms with Crippen LogP contribution in [0, 0.1) is 23.7 Å². The molecule has 4 atom stereocenters. The van der Waals surface area contributed by atoms with Gasteiger partial charge in [-0.15, -0.1) is 22.7 Å². The van der Waals surface area contributed by atoms with E-state index in [2.05, 4.69) is 41.2 Å². The van der Waals surface area contributed by atoms with Gasteiger partial charge in [-0.1, -0.05) is 13.5 Å². The molecule has 4 aromatic heterocycles. The molecule has 19 heteroatoms. The van der Waals surface area contributed by atoms with Gasteiger partial charge < -0.3 is 25.2 Å². The largest absolute Gasteiger partial charge is 0.490 e. The molecule has 4 fully saturated rings. The Morgan fingerprint density at radius 3 is 1.84 bits per heavy atom. The van der Waals surface area contributed by atoms with E-state index in [1.807, 2.05) is 22.4 Å². The Balaban J connectivity index is 0.000000159. The van der Waals surface area contributed by atoms with Gasteiger partial charge in [0.1, 0.15) is 28.2 Å². The number of pyridine rings is 2. The van der Waals surface area contributed by atoms with Gasteiger partial charge in [-0.3, -0.25) is 9.59 Å². The number of anilines is 3. The van der Waals surface area contributed by atoms with E-state index in [1.165, 1.54) is 41.9 Å². The summed E-state index contributed by atoms with van der Waals surface area (Å²) in [6, 6.07) is 6.91. The molecule has 272 valence electrons. The summed E-state index contributed by atoms with van der Waals surface area (Å²) in [7, 11) is -1.55. The van der Waals surface area contributed by atoms with Crippen LogP contribution in [0.2, 0.25) is 0 Å². The molecule has 4 aromatic rings. The molecule has 51 heavy (non-hydrogen) atoms. The molecule has 2 saturated heterocycles. The Hall–Kier alpha value is -3.52. The van der Waals surface area contributed by atoms with Crippen LogP contribution < -0.4 is 20.6 Å². The minimum atomic E-state index is -2.49. The summed E-state index contributed by atoms with van der Waals surface area (Å²) in [5.41, 5.74) is 1.94. The van der Waals surface area contributed by atoms with Crippen LogP contribution in [0.25, 0.3) is 10.6 Å². The molecule has 0 radical (unpaired) electrons. The highest BCUT2D eigenvalue weighted by Gasteiger charge is 2.72. The lowest BCUT2D eigenvalue weighted by Crippen LogP contribution is -2.32. The SMILES string of the molecule is C.CC(=O)Cc1csc(-c2ccc(N3CC4C(C3)C4(F)F)nc2)n1.CC(=O)Nc1csc(Br)n1.OB(O)c1ccc(N2CC3C(C2)C3(F)F)nc1. The molecule has 2 aliphatic heterocycles. The Bertz CT molecular complexity index is 1820. The molecule has 3 N–H and O–H groups in total. The molecule has 2 saturated carbocycles. The van der Waals surface area contributed by atoms with E-state index in [0.717, 1.165) is 26.0 Å². The molecular weight excluding hydrogens is 777 g/mol. The highest BCUT2D eigenvalue weighted by atomic mass is 79.9. The Labute approximate surface area is 308 Å². The maximum absolute atomic E-state index is 13.2. The molecule has 4 aliphatic rings. The molecule has 6 heterocycles. The summed E-state index contributed by atoms with van der Waals surface area (Å²) in [6.45, 7) is 4.40. The van der Waals surface area contributed by atoms with Crippen LogP contribution in [0.1, 0.15) is 27.0 Å². The van der Waals surface area contributed by atoms with E-state index >= 15 is 0 Å². The molecule has 4 unspecified atom stereocenters. The fraction of sp³-hybridized carbons (Fsp3) is 0.438. The first kappa shape index (κ1) is 38.7. The third kappa shape index (κ3) is 8.76. The zero-order valence-electron chi connectivity index (χ0n) is 26.6. The number of alkyl halides is 4. The van der Waals surface area contributed by atoms with Gasteiger partial charge in [0.2, 0.25) is 5.91 Å². The quantitative estimate of drug-likeness (QED) is 0.172. The van der Waals surface area contributed by atoms with Gasteiger partial charge in [0.25, 0.3) is 11.8 Å². The van der Waals surface area contributed by atoms with E-state index < -0.39 is 42.6 Å². The van der Waals surface area contributed by atoms with Crippen molar-refractivity contribution in [3.63, 3.8) is 0 Å². The third-order valence-corrected chi connectivity index (χ3v) is 11.2. The number of halogens is 5. The van der Waals surface area contributed by atoms with Crippen molar-refractivity contribution in [2.24, 2.45) is 23.7 Å². The Kier molecular flexibility index (Phi) is 11.6. The maximum atomic E-state index is 13.2. The van der Waals surface area contributed by atoms with Gasteiger partial charge >= 0.3 is 7.12 Å². The normalized spacial score (nSPS) is 22.6. The van der Waals surface area contributed by atoms with E-state index in [4.69, 9.17) is 10.0 Å². The predicted octanol–water partition coefficient (Wildman–Crippen LogP) is 5.00. The van der Waals surface area contributed by atoms with Crippen LogP contribution in [-0.2, 0) is 16.0 Å². The smallest absolute Gasteiger partial charge is 0.423 e. The summed E-state index contributed by atoms with van der Waals surface area (Å²) in [5.74, 6) is -5.10. The third-order valence-electron chi connectivity index (χ3n) is 8.87. The number of carbonyl (C=O) groups excluding carboxylic acids is 2. The number of ketones is 1. The second-order valence-electron chi connectivity index (χ2n) is 12.5. The lowest BCUT2D eigenvalue weighted by Gasteiger charge is -2.20. The molecule has 8 rings (SSSR count). The van der Waals surface area contributed by atoms with Gasteiger partial charge in [-0.05, 0) is 41.1 Å². The summed E-state index contributed by atoms with van der Waals surface area (Å²) in [4.78, 5) is 42.1. The van der Waals surface area contributed by atoms with Crippen LogP contribution in [0.15, 0.2) is 51.3 Å².